The van der Waals surface area contributed by atoms with Gasteiger partial charge in [-0.2, -0.15) is 13.2 Å². The fourth-order valence-electron chi connectivity index (χ4n) is 1.65. The molecule has 0 atom stereocenters. The number of hydrogen-bond acceptors (Lipinski definition) is 4. The van der Waals surface area contributed by atoms with Gasteiger partial charge >= 0.3 is 6.18 Å². The van der Waals surface area contributed by atoms with Gasteiger partial charge in [-0.1, -0.05) is 6.07 Å². The van der Waals surface area contributed by atoms with E-state index in [4.69, 9.17) is 0 Å². The van der Waals surface area contributed by atoms with Crippen molar-refractivity contribution < 1.29 is 31.1 Å². The third kappa shape index (κ3) is 6.16. The van der Waals surface area contributed by atoms with Gasteiger partial charge in [0.1, 0.15) is 6.61 Å². The van der Waals surface area contributed by atoms with E-state index in [0.29, 0.717) is 5.56 Å². The standard InChI is InChI=1S/C13H17F3N2O4S/c1-9-3-4-10(23(20,21)17-2)7-11(9)12(19)18-5-6-22-8-13(14,15)16/h3-4,7,17H,5-6,8H2,1-2H3,(H,18,19). The molecule has 0 heterocycles. The van der Waals surface area contributed by atoms with Gasteiger partial charge in [-0.25, -0.2) is 13.1 Å². The molecular formula is C13H17F3N2O4S. The van der Waals surface area contributed by atoms with Crippen LogP contribution in [0.15, 0.2) is 23.1 Å². The second kappa shape index (κ2) is 7.75. The lowest BCUT2D eigenvalue weighted by Crippen LogP contribution is -2.29. The van der Waals surface area contributed by atoms with Crippen LogP contribution < -0.4 is 10.0 Å². The van der Waals surface area contributed by atoms with Gasteiger partial charge in [0.2, 0.25) is 10.0 Å². The molecule has 0 aliphatic carbocycles. The first kappa shape index (κ1) is 19.4. The van der Waals surface area contributed by atoms with Crippen LogP contribution in [0.4, 0.5) is 13.2 Å². The zero-order valence-electron chi connectivity index (χ0n) is 12.5. The minimum Gasteiger partial charge on any atom is -0.370 e. The average Bonchev–Trinajstić information content (AvgIpc) is 2.45. The zero-order valence-corrected chi connectivity index (χ0v) is 13.3. The zero-order chi connectivity index (χ0) is 17.7. The number of alkyl halides is 3. The van der Waals surface area contributed by atoms with E-state index in [-0.39, 0.29) is 23.6 Å². The molecule has 0 saturated heterocycles. The van der Waals surface area contributed by atoms with Gasteiger partial charge in [-0.15, -0.1) is 0 Å². The molecule has 10 heteroatoms. The van der Waals surface area contributed by atoms with Crippen molar-refractivity contribution in [3.63, 3.8) is 0 Å². The van der Waals surface area contributed by atoms with Crippen molar-refractivity contribution >= 4 is 15.9 Å². The van der Waals surface area contributed by atoms with Crippen LogP contribution in [-0.4, -0.2) is 47.3 Å². The number of benzene rings is 1. The Bertz CT molecular complexity index is 660. The highest BCUT2D eigenvalue weighted by molar-refractivity contribution is 7.89. The molecule has 6 nitrogen and oxygen atoms in total. The molecule has 2 N–H and O–H groups in total. The van der Waals surface area contributed by atoms with Gasteiger partial charge < -0.3 is 10.1 Å². The number of carbonyl (C=O) groups is 1. The van der Waals surface area contributed by atoms with E-state index in [1.165, 1.54) is 25.2 Å². The normalized spacial score (nSPS) is 12.2. The third-order valence-electron chi connectivity index (χ3n) is 2.83. The summed E-state index contributed by atoms with van der Waals surface area (Å²) >= 11 is 0. The summed E-state index contributed by atoms with van der Waals surface area (Å²) in [6.07, 6.45) is -4.42. The van der Waals surface area contributed by atoms with Crippen molar-refractivity contribution in [3.8, 4) is 0 Å². The molecule has 0 saturated carbocycles. The van der Waals surface area contributed by atoms with E-state index in [9.17, 15) is 26.4 Å². The molecule has 0 spiro atoms. The molecule has 130 valence electrons. The Hall–Kier alpha value is -1.65. The topological polar surface area (TPSA) is 84.5 Å². The van der Waals surface area contributed by atoms with E-state index in [0.717, 1.165) is 0 Å². The van der Waals surface area contributed by atoms with E-state index < -0.39 is 28.7 Å². The van der Waals surface area contributed by atoms with Crippen molar-refractivity contribution in [2.24, 2.45) is 0 Å². The molecule has 1 aromatic carbocycles. The summed E-state index contributed by atoms with van der Waals surface area (Å²) in [5.41, 5.74) is 0.658. The maximum atomic E-state index is 12.0. The van der Waals surface area contributed by atoms with Crippen molar-refractivity contribution in [1.82, 2.24) is 10.0 Å². The molecule has 0 unspecified atom stereocenters. The lowest BCUT2D eigenvalue weighted by molar-refractivity contribution is -0.173. The number of amides is 1. The Morgan fingerprint density at radius 1 is 1.30 bits per heavy atom. The van der Waals surface area contributed by atoms with Gasteiger partial charge in [0, 0.05) is 12.1 Å². The summed E-state index contributed by atoms with van der Waals surface area (Å²) in [4.78, 5) is 11.9. The molecule has 0 bridgehead atoms. The minimum absolute atomic E-state index is 0.0796. The first-order chi connectivity index (χ1) is 10.6. The first-order valence-electron chi connectivity index (χ1n) is 6.54. The molecule has 0 radical (unpaired) electrons. The smallest absolute Gasteiger partial charge is 0.370 e. The second-order valence-electron chi connectivity index (χ2n) is 4.61. The molecule has 1 aromatic rings. The number of halogens is 3. The average molecular weight is 354 g/mol. The van der Waals surface area contributed by atoms with E-state index >= 15 is 0 Å². The van der Waals surface area contributed by atoms with Gasteiger partial charge in [0.25, 0.3) is 5.91 Å². The summed E-state index contributed by atoms with van der Waals surface area (Å²) in [5.74, 6) is -0.591. The van der Waals surface area contributed by atoms with E-state index in [1.807, 2.05) is 0 Å². The Morgan fingerprint density at radius 3 is 2.52 bits per heavy atom. The van der Waals surface area contributed by atoms with Crippen molar-refractivity contribution in [2.75, 3.05) is 26.8 Å². The quantitative estimate of drug-likeness (QED) is 0.721. The molecule has 1 amide bonds. The summed E-state index contributed by atoms with van der Waals surface area (Å²) in [5, 5.41) is 2.38. The number of carbonyl (C=O) groups excluding carboxylic acids is 1. The fraction of sp³-hybridized carbons (Fsp3) is 0.462. The molecule has 0 fully saturated rings. The number of rotatable bonds is 7. The first-order valence-corrected chi connectivity index (χ1v) is 8.02. The molecular weight excluding hydrogens is 337 g/mol. The third-order valence-corrected chi connectivity index (χ3v) is 4.24. The minimum atomic E-state index is -4.42. The Labute approximate surface area is 132 Å². The van der Waals surface area contributed by atoms with Crippen LogP contribution >= 0.6 is 0 Å². The highest BCUT2D eigenvalue weighted by atomic mass is 32.2. The van der Waals surface area contributed by atoms with Crippen LogP contribution in [0.1, 0.15) is 15.9 Å². The summed E-state index contributed by atoms with van der Waals surface area (Å²) in [7, 11) is -2.45. The maximum Gasteiger partial charge on any atom is 0.411 e. The molecule has 1 rings (SSSR count). The maximum absolute atomic E-state index is 12.0. The Balaban J connectivity index is 2.68. The molecule has 23 heavy (non-hydrogen) atoms. The molecule has 0 aliphatic heterocycles. The van der Waals surface area contributed by atoms with Gasteiger partial charge in [-0.3, -0.25) is 4.79 Å². The number of aryl methyl sites for hydroxylation is 1. The van der Waals surface area contributed by atoms with Crippen molar-refractivity contribution in [3.05, 3.63) is 29.3 Å². The van der Waals surface area contributed by atoms with Gasteiger partial charge in [-0.05, 0) is 31.7 Å². The number of sulfonamides is 1. The van der Waals surface area contributed by atoms with Gasteiger partial charge in [0.05, 0.1) is 11.5 Å². The lowest BCUT2D eigenvalue weighted by atomic mass is 10.1. The monoisotopic (exact) mass is 354 g/mol. The van der Waals surface area contributed by atoms with Crippen LogP contribution in [0.5, 0.6) is 0 Å². The van der Waals surface area contributed by atoms with Crippen molar-refractivity contribution in [1.29, 1.82) is 0 Å². The highest BCUT2D eigenvalue weighted by Gasteiger charge is 2.27. The highest BCUT2D eigenvalue weighted by Crippen LogP contribution is 2.16. The predicted molar refractivity (Wildman–Crippen MR) is 76.6 cm³/mol. The SMILES string of the molecule is CNS(=O)(=O)c1ccc(C)c(C(=O)NCCOCC(F)(F)F)c1. The summed E-state index contributed by atoms with van der Waals surface area (Å²) < 4.78 is 65.5. The Morgan fingerprint density at radius 2 is 1.96 bits per heavy atom. The Kier molecular flexibility index (Phi) is 6.54. The van der Waals surface area contributed by atoms with E-state index in [1.54, 1.807) is 6.92 Å². The number of nitrogens with one attached hydrogen (secondary N) is 2. The number of hydrogen-bond donors (Lipinski definition) is 2. The van der Waals surface area contributed by atoms with Crippen LogP contribution in [0.3, 0.4) is 0 Å². The fourth-order valence-corrected chi connectivity index (χ4v) is 2.41. The van der Waals surface area contributed by atoms with Crippen LogP contribution in [0.25, 0.3) is 0 Å². The summed E-state index contributed by atoms with van der Waals surface area (Å²) in [6.45, 7) is -0.210. The molecule has 0 aromatic heterocycles. The largest absolute Gasteiger partial charge is 0.411 e. The predicted octanol–water partition coefficient (Wildman–Crippen LogP) is 1.21. The second-order valence-corrected chi connectivity index (χ2v) is 6.49. The van der Waals surface area contributed by atoms with E-state index in [2.05, 4.69) is 14.8 Å². The summed E-state index contributed by atoms with van der Waals surface area (Å²) in [6, 6.07) is 4.02. The van der Waals surface area contributed by atoms with Crippen LogP contribution in [-0.2, 0) is 14.8 Å². The van der Waals surface area contributed by atoms with Gasteiger partial charge in [0.15, 0.2) is 0 Å². The molecule has 0 aliphatic rings. The van der Waals surface area contributed by atoms with Crippen molar-refractivity contribution in [2.45, 2.75) is 18.0 Å². The van der Waals surface area contributed by atoms with Crippen LogP contribution in [0, 0.1) is 6.92 Å². The van der Waals surface area contributed by atoms with Crippen LogP contribution in [0.2, 0.25) is 0 Å². The number of ether oxygens (including phenoxy) is 1. The lowest BCUT2D eigenvalue weighted by Gasteiger charge is -2.11.